The van der Waals surface area contributed by atoms with Crippen LogP contribution in [-0.4, -0.2) is 27.2 Å². The van der Waals surface area contributed by atoms with Crippen molar-refractivity contribution >= 4 is 33.1 Å². The molecule has 0 radical (unpaired) electrons. The summed E-state index contributed by atoms with van der Waals surface area (Å²) in [7, 11) is -2.50. The van der Waals surface area contributed by atoms with E-state index in [9.17, 15) is 18.0 Å². The molecule has 0 saturated heterocycles. The number of amides is 1. The van der Waals surface area contributed by atoms with Crippen LogP contribution >= 0.6 is 0 Å². The van der Waals surface area contributed by atoms with Gasteiger partial charge < -0.3 is 10.1 Å². The third-order valence-corrected chi connectivity index (χ3v) is 6.03. The normalized spacial score (nSPS) is 10.9. The first-order chi connectivity index (χ1) is 14.7. The number of ether oxygens (including phenoxy) is 1. The van der Waals surface area contributed by atoms with Gasteiger partial charge in [-0.3, -0.25) is 14.3 Å². The Labute approximate surface area is 181 Å². The van der Waals surface area contributed by atoms with Crippen LogP contribution in [0.4, 0.5) is 11.4 Å². The minimum absolute atomic E-state index is 0.0127. The zero-order chi connectivity index (χ0) is 22.6. The van der Waals surface area contributed by atoms with Crippen LogP contribution in [0.3, 0.4) is 0 Å². The van der Waals surface area contributed by atoms with Crippen molar-refractivity contribution in [1.82, 2.24) is 0 Å². The molecule has 0 bridgehead atoms. The molecule has 7 nitrogen and oxygen atoms in total. The van der Waals surface area contributed by atoms with Crippen LogP contribution in [0.15, 0.2) is 71.6 Å². The molecule has 2 N–H and O–H groups in total. The van der Waals surface area contributed by atoms with Crippen molar-refractivity contribution < 1.29 is 22.7 Å². The molecule has 31 heavy (non-hydrogen) atoms. The highest BCUT2D eigenvalue weighted by Gasteiger charge is 2.19. The van der Waals surface area contributed by atoms with Crippen LogP contribution in [0.25, 0.3) is 0 Å². The highest BCUT2D eigenvalue weighted by atomic mass is 32.2. The van der Waals surface area contributed by atoms with E-state index in [0.717, 1.165) is 0 Å². The molecule has 3 aromatic rings. The van der Waals surface area contributed by atoms with Crippen molar-refractivity contribution in [3.8, 4) is 5.75 Å². The van der Waals surface area contributed by atoms with Crippen LogP contribution in [0.1, 0.15) is 33.2 Å². The first-order valence-electron chi connectivity index (χ1n) is 9.40. The van der Waals surface area contributed by atoms with E-state index in [4.69, 9.17) is 4.74 Å². The summed E-state index contributed by atoms with van der Waals surface area (Å²) in [6.45, 7) is 3.16. The fourth-order valence-electron chi connectivity index (χ4n) is 2.93. The number of benzene rings is 3. The average Bonchev–Trinajstić information content (AvgIpc) is 2.76. The quantitative estimate of drug-likeness (QED) is 0.537. The number of Topliss-reactive ketones (excluding diaryl/α,β-unsaturated/α-hetero) is 1. The van der Waals surface area contributed by atoms with E-state index >= 15 is 0 Å². The molecule has 160 valence electrons. The Kier molecular flexibility index (Phi) is 6.41. The first-order valence-corrected chi connectivity index (χ1v) is 10.9. The second-order valence-electron chi connectivity index (χ2n) is 6.87. The lowest BCUT2D eigenvalue weighted by Gasteiger charge is -2.16. The van der Waals surface area contributed by atoms with Gasteiger partial charge >= 0.3 is 0 Å². The molecule has 0 fully saturated rings. The predicted octanol–water partition coefficient (Wildman–Crippen LogP) is 4.26. The molecular weight excluding hydrogens is 416 g/mol. The highest BCUT2D eigenvalue weighted by molar-refractivity contribution is 7.92. The van der Waals surface area contributed by atoms with Gasteiger partial charge in [0, 0.05) is 22.9 Å². The van der Waals surface area contributed by atoms with Crippen LogP contribution in [0.2, 0.25) is 0 Å². The fourth-order valence-corrected chi connectivity index (χ4v) is 3.99. The second-order valence-corrected chi connectivity index (χ2v) is 8.56. The minimum Gasteiger partial charge on any atom is -0.494 e. The number of rotatable bonds is 7. The molecule has 0 atom stereocenters. The Bertz CT molecular complexity index is 1220. The molecule has 0 spiro atoms. The van der Waals surface area contributed by atoms with E-state index in [1.165, 1.54) is 38.3 Å². The number of carbonyl (C=O) groups excluding carboxylic acids is 2. The third-order valence-electron chi connectivity index (χ3n) is 4.65. The average molecular weight is 439 g/mol. The standard InChI is InChI=1S/C23H22N2O5S/c1-15-13-21(25-31(28,29)19-11-9-17(10-12-19)16(2)26)22(30-3)14-20(15)24-23(27)18-7-5-4-6-8-18/h4-14,25H,1-3H3,(H,24,27). The zero-order valence-electron chi connectivity index (χ0n) is 17.3. The number of aryl methyl sites for hydroxylation is 1. The number of carbonyl (C=O) groups is 2. The lowest BCUT2D eigenvalue weighted by molar-refractivity contribution is 0.101. The van der Waals surface area contributed by atoms with Gasteiger partial charge in [0.05, 0.1) is 17.7 Å². The van der Waals surface area contributed by atoms with E-state index in [-0.39, 0.29) is 28.0 Å². The van der Waals surface area contributed by atoms with Crippen LogP contribution < -0.4 is 14.8 Å². The number of anilines is 2. The number of hydrogen-bond acceptors (Lipinski definition) is 5. The van der Waals surface area contributed by atoms with E-state index in [1.54, 1.807) is 43.3 Å². The summed E-state index contributed by atoms with van der Waals surface area (Å²) in [4.78, 5) is 23.9. The number of methoxy groups -OCH3 is 1. The molecule has 0 aromatic heterocycles. The van der Waals surface area contributed by atoms with Crippen molar-refractivity contribution in [2.24, 2.45) is 0 Å². The first kappa shape index (κ1) is 22.0. The molecule has 0 unspecified atom stereocenters. The van der Waals surface area contributed by atoms with Crippen molar-refractivity contribution in [2.45, 2.75) is 18.7 Å². The van der Waals surface area contributed by atoms with Gasteiger partial charge in [-0.25, -0.2) is 8.42 Å². The molecule has 1 amide bonds. The molecule has 8 heteroatoms. The SMILES string of the molecule is COc1cc(NC(=O)c2ccccc2)c(C)cc1NS(=O)(=O)c1ccc(C(C)=O)cc1. The van der Waals surface area contributed by atoms with Gasteiger partial charge in [-0.2, -0.15) is 0 Å². The maximum Gasteiger partial charge on any atom is 0.262 e. The second kappa shape index (κ2) is 9.01. The van der Waals surface area contributed by atoms with E-state index in [2.05, 4.69) is 10.0 Å². The lowest BCUT2D eigenvalue weighted by atomic mass is 10.1. The summed E-state index contributed by atoms with van der Waals surface area (Å²) in [5.74, 6) is -0.190. The molecule has 0 aliphatic carbocycles. The predicted molar refractivity (Wildman–Crippen MR) is 119 cm³/mol. The van der Waals surface area contributed by atoms with Gasteiger partial charge in [-0.1, -0.05) is 30.3 Å². The van der Waals surface area contributed by atoms with Gasteiger partial charge in [0.25, 0.3) is 15.9 Å². The van der Waals surface area contributed by atoms with Crippen molar-refractivity contribution in [2.75, 3.05) is 17.1 Å². The molecule has 0 aliphatic heterocycles. The molecule has 0 heterocycles. The van der Waals surface area contributed by atoms with E-state index in [1.807, 2.05) is 6.07 Å². The Morgan fingerprint density at radius 1 is 0.871 bits per heavy atom. The van der Waals surface area contributed by atoms with E-state index < -0.39 is 10.0 Å². The fraction of sp³-hybridized carbons (Fsp3) is 0.130. The van der Waals surface area contributed by atoms with Gasteiger partial charge in [0.1, 0.15) is 5.75 Å². The van der Waals surface area contributed by atoms with Gasteiger partial charge in [-0.15, -0.1) is 0 Å². The van der Waals surface area contributed by atoms with Crippen molar-refractivity contribution in [1.29, 1.82) is 0 Å². The summed E-state index contributed by atoms with van der Waals surface area (Å²) in [5, 5.41) is 2.81. The maximum atomic E-state index is 12.8. The summed E-state index contributed by atoms with van der Waals surface area (Å²) < 4.78 is 33.4. The monoisotopic (exact) mass is 438 g/mol. The molecular formula is C23H22N2O5S. The van der Waals surface area contributed by atoms with Gasteiger partial charge in [0.15, 0.2) is 5.78 Å². The maximum absolute atomic E-state index is 12.8. The summed E-state index contributed by atoms with van der Waals surface area (Å²) in [6, 6.07) is 17.5. The Balaban J connectivity index is 1.87. The van der Waals surface area contributed by atoms with E-state index in [0.29, 0.717) is 22.4 Å². The molecule has 3 aromatic carbocycles. The van der Waals surface area contributed by atoms with Gasteiger partial charge in [-0.05, 0) is 49.7 Å². The van der Waals surface area contributed by atoms with Crippen molar-refractivity contribution in [3.63, 3.8) is 0 Å². The topological polar surface area (TPSA) is 102 Å². The number of nitrogens with one attached hydrogen (secondary N) is 2. The number of hydrogen-bond donors (Lipinski definition) is 2. The largest absolute Gasteiger partial charge is 0.494 e. The Morgan fingerprint density at radius 2 is 1.52 bits per heavy atom. The van der Waals surface area contributed by atoms with Crippen LogP contribution in [0, 0.1) is 6.92 Å². The summed E-state index contributed by atoms with van der Waals surface area (Å²) in [5.41, 5.74) is 2.30. The van der Waals surface area contributed by atoms with Crippen LogP contribution in [-0.2, 0) is 10.0 Å². The third kappa shape index (κ3) is 5.10. The number of ketones is 1. The van der Waals surface area contributed by atoms with Gasteiger partial charge in [0.2, 0.25) is 0 Å². The van der Waals surface area contributed by atoms with Crippen LogP contribution in [0.5, 0.6) is 5.75 Å². The zero-order valence-corrected chi connectivity index (χ0v) is 18.1. The molecule has 0 saturated carbocycles. The summed E-state index contributed by atoms with van der Waals surface area (Å²) >= 11 is 0. The Morgan fingerprint density at radius 3 is 2.10 bits per heavy atom. The Hall–Kier alpha value is -3.65. The summed E-state index contributed by atoms with van der Waals surface area (Å²) in [6.07, 6.45) is 0. The molecule has 3 rings (SSSR count). The number of sulfonamides is 1. The highest BCUT2D eigenvalue weighted by Crippen LogP contribution is 2.33. The van der Waals surface area contributed by atoms with Crippen molar-refractivity contribution in [3.05, 3.63) is 83.4 Å². The lowest BCUT2D eigenvalue weighted by Crippen LogP contribution is -2.15. The molecule has 0 aliphatic rings. The minimum atomic E-state index is -3.91. The smallest absolute Gasteiger partial charge is 0.262 e.